The lowest BCUT2D eigenvalue weighted by molar-refractivity contribution is -0.113. The monoisotopic (exact) mass is 525 g/mol. The van der Waals surface area contributed by atoms with Gasteiger partial charge in [-0.15, -0.1) is 10.2 Å². The maximum Gasteiger partial charge on any atom is 0.234 e. The van der Waals surface area contributed by atoms with Crippen molar-refractivity contribution in [1.29, 1.82) is 0 Å². The first-order chi connectivity index (χ1) is 18.6. The molecule has 192 valence electrons. The number of hydrogen-bond acceptors (Lipinski definition) is 7. The van der Waals surface area contributed by atoms with E-state index in [-0.39, 0.29) is 11.7 Å². The molecule has 0 radical (unpaired) electrons. The van der Waals surface area contributed by atoms with E-state index < -0.39 is 0 Å². The largest absolute Gasteiger partial charge is 0.497 e. The molecule has 0 atom stereocenters. The Balaban J connectivity index is 1.34. The van der Waals surface area contributed by atoms with Crippen LogP contribution in [0.25, 0.3) is 16.5 Å². The summed E-state index contributed by atoms with van der Waals surface area (Å²) in [6.07, 6.45) is 0. The molecular weight excluding hydrogens is 498 g/mol. The molecular formula is C29H27N5O3S. The summed E-state index contributed by atoms with van der Waals surface area (Å²) >= 11 is 1.33. The van der Waals surface area contributed by atoms with E-state index in [1.165, 1.54) is 11.8 Å². The Morgan fingerprint density at radius 1 is 0.842 bits per heavy atom. The molecule has 0 fully saturated rings. The summed E-state index contributed by atoms with van der Waals surface area (Å²) < 4.78 is 12.5. The number of hydrogen-bond donors (Lipinski definition) is 2. The van der Waals surface area contributed by atoms with Gasteiger partial charge in [-0.1, -0.05) is 48.2 Å². The number of amides is 1. The number of aromatic nitrogens is 3. The van der Waals surface area contributed by atoms with Crippen molar-refractivity contribution in [1.82, 2.24) is 14.8 Å². The summed E-state index contributed by atoms with van der Waals surface area (Å²) in [5.74, 6) is 2.32. The molecule has 0 unspecified atom stereocenters. The van der Waals surface area contributed by atoms with Crippen LogP contribution in [0.1, 0.15) is 5.82 Å². The summed E-state index contributed by atoms with van der Waals surface area (Å²) in [5, 5.41) is 18.0. The molecule has 0 aliphatic rings. The third-order valence-electron chi connectivity index (χ3n) is 5.97. The number of anilines is 2. The number of carbonyl (C=O) groups excluding carboxylic acids is 1. The lowest BCUT2D eigenvalue weighted by atomic mass is 10.1. The second-order valence-corrected chi connectivity index (χ2v) is 9.32. The molecule has 9 heteroatoms. The van der Waals surface area contributed by atoms with Gasteiger partial charge in [0.25, 0.3) is 0 Å². The molecule has 0 saturated carbocycles. The molecule has 2 N–H and O–H groups in total. The number of carbonyl (C=O) groups is 1. The second-order valence-electron chi connectivity index (χ2n) is 8.38. The zero-order valence-electron chi connectivity index (χ0n) is 21.0. The van der Waals surface area contributed by atoms with Crippen molar-refractivity contribution in [2.24, 2.45) is 0 Å². The van der Waals surface area contributed by atoms with Crippen molar-refractivity contribution >= 4 is 39.8 Å². The van der Waals surface area contributed by atoms with Crippen LogP contribution in [0.2, 0.25) is 0 Å². The first-order valence-corrected chi connectivity index (χ1v) is 13.0. The average molecular weight is 526 g/mol. The van der Waals surface area contributed by atoms with Crippen LogP contribution < -0.4 is 20.1 Å². The van der Waals surface area contributed by atoms with E-state index >= 15 is 0 Å². The van der Waals surface area contributed by atoms with Crippen LogP contribution in [0.5, 0.6) is 11.5 Å². The van der Waals surface area contributed by atoms with Gasteiger partial charge < -0.3 is 20.1 Å². The van der Waals surface area contributed by atoms with Crippen LogP contribution in [-0.4, -0.2) is 40.6 Å². The van der Waals surface area contributed by atoms with E-state index in [1.54, 1.807) is 14.2 Å². The van der Waals surface area contributed by atoms with Gasteiger partial charge in [0.15, 0.2) is 11.0 Å². The smallest absolute Gasteiger partial charge is 0.234 e. The van der Waals surface area contributed by atoms with Gasteiger partial charge in [-0.25, -0.2) is 0 Å². The first kappa shape index (κ1) is 25.2. The minimum atomic E-state index is -0.117. The van der Waals surface area contributed by atoms with Crippen LogP contribution >= 0.6 is 11.8 Å². The van der Waals surface area contributed by atoms with Crippen molar-refractivity contribution in [2.75, 3.05) is 30.6 Å². The lowest BCUT2D eigenvalue weighted by Crippen LogP contribution is -2.15. The van der Waals surface area contributed by atoms with Crippen LogP contribution in [0.15, 0.2) is 96.2 Å². The third kappa shape index (κ3) is 5.73. The fourth-order valence-corrected chi connectivity index (χ4v) is 4.81. The second kappa shape index (κ2) is 11.7. The Labute approximate surface area is 225 Å². The van der Waals surface area contributed by atoms with Gasteiger partial charge in [-0.05, 0) is 60.0 Å². The van der Waals surface area contributed by atoms with Crippen molar-refractivity contribution < 1.29 is 14.3 Å². The van der Waals surface area contributed by atoms with E-state index in [0.29, 0.717) is 17.5 Å². The molecule has 1 aromatic heterocycles. The van der Waals surface area contributed by atoms with E-state index in [1.807, 2.05) is 95.6 Å². The average Bonchev–Trinajstić information content (AvgIpc) is 3.38. The van der Waals surface area contributed by atoms with Crippen molar-refractivity contribution in [3.8, 4) is 17.2 Å². The summed E-state index contributed by atoms with van der Waals surface area (Å²) in [5.41, 5.74) is 2.59. The molecule has 38 heavy (non-hydrogen) atoms. The highest BCUT2D eigenvalue weighted by Crippen LogP contribution is 2.26. The van der Waals surface area contributed by atoms with Crippen LogP contribution in [-0.2, 0) is 11.3 Å². The topological polar surface area (TPSA) is 90.3 Å². The maximum absolute atomic E-state index is 12.9. The Morgan fingerprint density at radius 2 is 1.53 bits per heavy atom. The van der Waals surface area contributed by atoms with E-state index in [9.17, 15) is 4.79 Å². The molecule has 0 aliphatic carbocycles. The number of fused-ring (bicyclic) bond motifs is 1. The van der Waals surface area contributed by atoms with Crippen molar-refractivity contribution in [3.05, 3.63) is 96.8 Å². The van der Waals surface area contributed by atoms with Gasteiger partial charge in [0.05, 0.1) is 26.5 Å². The van der Waals surface area contributed by atoms with Crippen molar-refractivity contribution in [3.63, 3.8) is 0 Å². The number of methoxy groups -OCH3 is 2. The first-order valence-electron chi connectivity index (χ1n) is 12.0. The SMILES string of the molecule is COc1ccc(NCc2nnc(SCC(=O)Nc3cccc4ccccc34)n2-c2ccc(OC)cc2)cc1. The fraction of sp³-hybridized carbons (Fsp3) is 0.138. The zero-order valence-corrected chi connectivity index (χ0v) is 21.9. The lowest BCUT2D eigenvalue weighted by Gasteiger charge is -2.13. The van der Waals surface area contributed by atoms with Gasteiger partial charge >= 0.3 is 0 Å². The zero-order chi connectivity index (χ0) is 26.3. The summed E-state index contributed by atoms with van der Waals surface area (Å²) in [6.45, 7) is 0.439. The summed E-state index contributed by atoms with van der Waals surface area (Å²) in [6, 6.07) is 29.2. The maximum atomic E-state index is 12.9. The number of nitrogens with one attached hydrogen (secondary N) is 2. The molecule has 5 aromatic rings. The highest BCUT2D eigenvalue weighted by molar-refractivity contribution is 7.99. The van der Waals surface area contributed by atoms with Gasteiger partial charge in [-0.3, -0.25) is 9.36 Å². The summed E-state index contributed by atoms with van der Waals surface area (Å²) in [7, 11) is 3.27. The van der Waals surface area contributed by atoms with Crippen LogP contribution in [0.3, 0.4) is 0 Å². The molecule has 0 spiro atoms. The van der Waals surface area contributed by atoms with E-state index in [4.69, 9.17) is 9.47 Å². The Bertz CT molecular complexity index is 1530. The molecule has 0 saturated heterocycles. The predicted molar refractivity (Wildman–Crippen MR) is 152 cm³/mol. The number of nitrogens with zero attached hydrogens (tertiary/aromatic N) is 3. The molecule has 0 bridgehead atoms. The molecule has 1 heterocycles. The number of ether oxygens (including phenoxy) is 2. The van der Waals surface area contributed by atoms with Crippen LogP contribution in [0, 0.1) is 0 Å². The minimum Gasteiger partial charge on any atom is -0.497 e. The van der Waals surface area contributed by atoms with Gasteiger partial charge in [0.1, 0.15) is 11.5 Å². The normalized spacial score (nSPS) is 10.8. The Kier molecular flexibility index (Phi) is 7.75. The van der Waals surface area contributed by atoms with Gasteiger partial charge in [-0.2, -0.15) is 0 Å². The number of benzene rings is 4. The third-order valence-corrected chi connectivity index (χ3v) is 6.90. The van der Waals surface area contributed by atoms with Crippen molar-refractivity contribution in [2.45, 2.75) is 11.7 Å². The van der Waals surface area contributed by atoms with E-state index in [0.717, 1.165) is 39.3 Å². The Morgan fingerprint density at radius 3 is 2.26 bits per heavy atom. The number of thioether (sulfide) groups is 1. The van der Waals surface area contributed by atoms with Gasteiger partial charge in [0, 0.05) is 22.4 Å². The predicted octanol–water partition coefficient (Wildman–Crippen LogP) is 5.78. The standard InChI is InChI=1S/C29H27N5O3S/c1-36-23-14-10-21(11-15-23)30-18-27-32-33-29(34(27)22-12-16-24(37-2)17-13-22)38-19-28(35)31-26-9-5-7-20-6-3-4-8-25(20)26/h3-17,30H,18-19H2,1-2H3,(H,31,35). The fourth-order valence-electron chi connectivity index (χ4n) is 4.04. The highest BCUT2D eigenvalue weighted by atomic mass is 32.2. The summed E-state index contributed by atoms with van der Waals surface area (Å²) in [4.78, 5) is 12.9. The highest BCUT2D eigenvalue weighted by Gasteiger charge is 2.17. The van der Waals surface area contributed by atoms with Crippen LogP contribution in [0.4, 0.5) is 11.4 Å². The molecule has 8 nitrogen and oxygen atoms in total. The number of rotatable bonds is 10. The quantitative estimate of drug-likeness (QED) is 0.223. The Hall–Kier alpha value is -4.50. The molecule has 5 rings (SSSR count). The molecule has 1 amide bonds. The molecule has 0 aliphatic heterocycles. The molecule has 4 aromatic carbocycles. The van der Waals surface area contributed by atoms with Gasteiger partial charge in [0.2, 0.25) is 5.91 Å². The minimum absolute atomic E-state index is 0.117. The van der Waals surface area contributed by atoms with E-state index in [2.05, 4.69) is 20.8 Å².